The predicted octanol–water partition coefficient (Wildman–Crippen LogP) is 2.64. The third-order valence-corrected chi connectivity index (χ3v) is 3.55. The second-order valence-corrected chi connectivity index (χ2v) is 5.05. The Labute approximate surface area is 109 Å². The minimum atomic E-state index is -0.268. The number of hydroxylamine groups is 1. The highest BCUT2D eigenvalue weighted by Crippen LogP contribution is 2.21. The molecule has 1 aromatic rings. The molecule has 1 aliphatic carbocycles. The average molecular weight is 299 g/mol. The van der Waals surface area contributed by atoms with Crippen LogP contribution in [0.3, 0.4) is 0 Å². The zero-order valence-electron chi connectivity index (χ0n) is 9.41. The third-order valence-electron chi connectivity index (χ3n) is 2.86. The number of hydrogen-bond acceptors (Lipinski definition) is 3. The van der Waals surface area contributed by atoms with Crippen LogP contribution in [0.1, 0.15) is 36.0 Å². The molecule has 0 aromatic heterocycles. The molecule has 1 aromatic carbocycles. The summed E-state index contributed by atoms with van der Waals surface area (Å²) in [6, 6.07) is 5.11. The Hall–Kier alpha value is -1.07. The van der Waals surface area contributed by atoms with Crippen LogP contribution >= 0.6 is 15.9 Å². The molecule has 92 valence electrons. The van der Waals surface area contributed by atoms with Gasteiger partial charge in [0.1, 0.15) is 0 Å². The molecule has 1 saturated carbocycles. The van der Waals surface area contributed by atoms with Crippen LogP contribution in [0, 0.1) is 0 Å². The molecule has 0 atom stereocenters. The van der Waals surface area contributed by atoms with E-state index in [0.29, 0.717) is 15.7 Å². The lowest BCUT2D eigenvalue weighted by Gasteiger charge is -2.12. The summed E-state index contributed by atoms with van der Waals surface area (Å²) >= 11 is 3.31. The number of anilines is 1. The van der Waals surface area contributed by atoms with E-state index in [4.69, 9.17) is 10.6 Å². The first-order chi connectivity index (χ1) is 8.16. The van der Waals surface area contributed by atoms with Crippen molar-refractivity contribution in [3.8, 4) is 0 Å². The van der Waals surface area contributed by atoms with E-state index in [9.17, 15) is 4.79 Å². The number of hydrogen-bond donors (Lipinski definition) is 2. The van der Waals surface area contributed by atoms with Crippen LogP contribution in [0.15, 0.2) is 22.7 Å². The van der Waals surface area contributed by atoms with Gasteiger partial charge < -0.3 is 5.73 Å². The Kier molecular flexibility index (Phi) is 4.02. The molecule has 2 rings (SSSR count). The van der Waals surface area contributed by atoms with Crippen LogP contribution in [0.2, 0.25) is 0 Å². The van der Waals surface area contributed by atoms with Crippen molar-refractivity contribution in [1.29, 1.82) is 0 Å². The van der Waals surface area contributed by atoms with Crippen LogP contribution < -0.4 is 11.2 Å². The number of carbonyl (C=O) groups excluding carboxylic acids is 1. The maximum absolute atomic E-state index is 11.9. The van der Waals surface area contributed by atoms with Crippen molar-refractivity contribution in [3.05, 3.63) is 28.2 Å². The van der Waals surface area contributed by atoms with Gasteiger partial charge in [-0.1, -0.05) is 12.8 Å². The lowest BCUT2D eigenvalue weighted by Crippen LogP contribution is -2.28. The molecule has 0 spiro atoms. The summed E-state index contributed by atoms with van der Waals surface area (Å²) in [7, 11) is 0. The van der Waals surface area contributed by atoms with Crippen LogP contribution in [0.5, 0.6) is 0 Å². The smallest absolute Gasteiger partial charge is 0.276 e. The molecule has 0 bridgehead atoms. The lowest BCUT2D eigenvalue weighted by atomic mass is 10.2. The van der Waals surface area contributed by atoms with Crippen molar-refractivity contribution in [3.63, 3.8) is 0 Å². The fourth-order valence-electron chi connectivity index (χ4n) is 1.91. The molecule has 1 fully saturated rings. The van der Waals surface area contributed by atoms with Gasteiger partial charge in [0.05, 0.1) is 11.7 Å². The number of halogens is 1. The van der Waals surface area contributed by atoms with Gasteiger partial charge in [0.2, 0.25) is 0 Å². The number of nitrogens with two attached hydrogens (primary N) is 1. The fraction of sp³-hybridized carbons (Fsp3) is 0.417. The Morgan fingerprint density at radius 3 is 2.82 bits per heavy atom. The third kappa shape index (κ3) is 3.20. The van der Waals surface area contributed by atoms with Gasteiger partial charge in [-0.05, 0) is 47.0 Å². The number of benzene rings is 1. The number of nitrogen functional groups attached to an aromatic ring is 1. The van der Waals surface area contributed by atoms with E-state index in [1.165, 1.54) is 12.8 Å². The largest absolute Gasteiger partial charge is 0.399 e. The first-order valence-electron chi connectivity index (χ1n) is 5.68. The SMILES string of the molecule is Nc1ccc(Br)c(C(=O)NOC2CCCC2)c1. The van der Waals surface area contributed by atoms with Gasteiger partial charge in [-0.2, -0.15) is 0 Å². The van der Waals surface area contributed by atoms with Gasteiger partial charge in [-0.25, -0.2) is 5.48 Å². The minimum Gasteiger partial charge on any atom is -0.399 e. The Balaban J connectivity index is 1.96. The van der Waals surface area contributed by atoms with Crippen molar-refractivity contribution in [2.45, 2.75) is 31.8 Å². The number of amides is 1. The molecular formula is C12H15BrN2O2. The van der Waals surface area contributed by atoms with E-state index in [1.807, 2.05) is 0 Å². The molecule has 5 heteroatoms. The molecule has 3 N–H and O–H groups in total. The van der Waals surface area contributed by atoms with Crippen LogP contribution in [-0.4, -0.2) is 12.0 Å². The molecule has 0 radical (unpaired) electrons. The van der Waals surface area contributed by atoms with Crippen LogP contribution in [-0.2, 0) is 4.84 Å². The van der Waals surface area contributed by atoms with E-state index in [0.717, 1.165) is 12.8 Å². The first kappa shape index (κ1) is 12.4. The van der Waals surface area contributed by atoms with Gasteiger partial charge >= 0.3 is 0 Å². The summed E-state index contributed by atoms with van der Waals surface area (Å²) in [6.45, 7) is 0. The van der Waals surface area contributed by atoms with E-state index >= 15 is 0 Å². The Bertz CT molecular complexity index is 417. The summed E-state index contributed by atoms with van der Waals surface area (Å²) in [5.41, 5.74) is 9.17. The molecule has 0 unspecified atom stereocenters. The summed E-state index contributed by atoms with van der Waals surface area (Å²) in [5, 5.41) is 0. The van der Waals surface area contributed by atoms with E-state index in [-0.39, 0.29) is 12.0 Å². The summed E-state index contributed by atoms with van der Waals surface area (Å²) in [6.07, 6.45) is 4.51. The van der Waals surface area contributed by atoms with Crippen LogP contribution in [0.4, 0.5) is 5.69 Å². The van der Waals surface area contributed by atoms with Gasteiger partial charge in [0, 0.05) is 10.2 Å². The zero-order valence-corrected chi connectivity index (χ0v) is 11.0. The summed E-state index contributed by atoms with van der Waals surface area (Å²) < 4.78 is 0.708. The van der Waals surface area contributed by atoms with E-state index < -0.39 is 0 Å². The molecule has 0 heterocycles. The zero-order chi connectivity index (χ0) is 12.3. The van der Waals surface area contributed by atoms with Crippen molar-refractivity contribution in [2.75, 3.05) is 5.73 Å². The van der Waals surface area contributed by atoms with Crippen molar-refractivity contribution >= 4 is 27.5 Å². The van der Waals surface area contributed by atoms with Crippen LogP contribution in [0.25, 0.3) is 0 Å². The molecule has 4 nitrogen and oxygen atoms in total. The highest BCUT2D eigenvalue weighted by Gasteiger charge is 2.18. The normalized spacial score (nSPS) is 16.1. The highest BCUT2D eigenvalue weighted by molar-refractivity contribution is 9.10. The number of carbonyl (C=O) groups is 1. The molecule has 0 saturated heterocycles. The second kappa shape index (κ2) is 5.51. The lowest BCUT2D eigenvalue weighted by molar-refractivity contribution is -0.0125. The standard InChI is InChI=1S/C12H15BrN2O2/c13-11-6-5-8(14)7-10(11)12(16)15-17-9-3-1-2-4-9/h5-7,9H,1-4,14H2,(H,15,16). The quantitative estimate of drug-likeness (QED) is 0.666. The number of rotatable bonds is 3. The van der Waals surface area contributed by atoms with Crippen molar-refractivity contribution in [2.24, 2.45) is 0 Å². The number of nitrogens with one attached hydrogen (secondary N) is 1. The highest BCUT2D eigenvalue weighted by atomic mass is 79.9. The topological polar surface area (TPSA) is 64.4 Å². The Morgan fingerprint density at radius 2 is 2.12 bits per heavy atom. The van der Waals surface area contributed by atoms with Gasteiger partial charge in [0.15, 0.2) is 0 Å². The summed E-state index contributed by atoms with van der Waals surface area (Å²) in [4.78, 5) is 17.2. The molecule has 1 aliphatic rings. The van der Waals surface area contributed by atoms with E-state index in [2.05, 4.69) is 21.4 Å². The first-order valence-corrected chi connectivity index (χ1v) is 6.47. The summed E-state index contributed by atoms with van der Waals surface area (Å²) in [5.74, 6) is -0.268. The molecule has 1 amide bonds. The predicted molar refractivity (Wildman–Crippen MR) is 69.4 cm³/mol. The van der Waals surface area contributed by atoms with Gasteiger partial charge in [-0.15, -0.1) is 0 Å². The minimum absolute atomic E-state index is 0.152. The second-order valence-electron chi connectivity index (χ2n) is 4.19. The van der Waals surface area contributed by atoms with Crippen molar-refractivity contribution in [1.82, 2.24) is 5.48 Å². The van der Waals surface area contributed by atoms with E-state index in [1.54, 1.807) is 18.2 Å². The maximum Gasteiger partial charge on any atom is 0.276 e. The van der Waals surface area contributed by atoms with Crippen molar-refractivity contribution < 1.29 is 9.63 Å². The maximum atomic E-state index is 11.9. The molecule has 0 aliphatic heterocycles. The van der Waals surface area contributed by atoms with Gasteiger partial charge in [-0.3, -0.25) is 9.63 Å². The average Bonchev–Trinajstić information content (AvgIpc) is 2.82. The Morgan fingerprint density at radius 1 is 1.41 bits per heavy atom. The fourth-order valence-corrected chi connectivity index (χ4v) is 2.34. The monoisotopic (exact) mass is 298 g/mol. The molecular weight excluding hydrogens is 284 g/mol. The molecule has 17 heavy (non-hydrogen) atoms. The van der Waals surface area contributed by atoms with Gasteiger partial charge in [0.25, 0.3) is 5.91 Å².